The van der Waals surface area contributed by atoms with Crippen LogP contribution in [-0.2, 0) is 57.0 Å². The third kappa shape index (κ3) is 64.3. The van der Waals surface area contributed by atoms with E-state index in [1.54, 1.807) is 48.5 Å². The van der Waals surface area contributed by atoms with Crippen molar-refractivity contribution in [3.05, 3.63) is 69.5 Å². The maximum atomic E-state index is 12.5. The number of amides is 12. The van der Waals surface area contributed by atoms with Crippen LogP contribution in [0, 0.1) is 70.5 Å². The largest absolute Gasteiger partial charge is 0.456 e. The lowest BCUT2D eigenvalue weighted by molar-refractivity contribution is -0.144. The van der Waals surface area contributed by atoms with Gasteiger partial charge >= 0.3 is 72.7 Å². The molecular formula is C89H160N16O24. The molecule has 14 N–H and O–H groups in total. The molecule has 2 aromatic heterocycles. The Morgan fingerprint density at radius 1 is 0.333 bits per heavy atom. The molecule has 740 valence electrons. The first-order valence-electron chi connectivity index (χ1n) is 42.9. The summed E-state index contributed by atoms with van der Waals surface area (Å²) in [6.45, 7) is 51.8. The number of carbonyl (C=O) groups is 12. The molecule has 0 aromatic carbocycles. The van der Waals surface area contributed by atoms with Gasteiger partial charge in [0.2, 0.25) is 11.9 Å². The van der Waals surface area contributed by atoms with E-state index in [-0.39, 0.29) is 135 Å². The molecule has 0 aliphatic rings. The molecule has 0 aliphatic heterocycles. The zero-order chi connectivity index (χ0) is 95.6. The molecule has 129 heavy (non-hydrogen) atoms. The summed E-state index contributed by atoms with van der Waals surface area (Å²) < 4.78 is 51.9. The summed E-state index contributed by atoms with van der Waals surface area (Å²) in [7, 11) is 0. The van der Waals surface area contributed by atoms with E-state index in [1.807, 2.05) is 34.6 Å². The molecule has 0 fully saturated rings. The van der Waals surface area contributed by atoms with Crippen LogP contribution in [0.4, 0.5) is 59.8 Å². The standard InChI is InChI=1S/C50H87N9O14.C36H61N7O10.3CH4/c1-15-40(61)71-36(6)29-68-43(63)51-20-17-49(11,12)24-33(3)27-55-46(66)73-38(8)31-70-45(65)53-21-18-50(13,14)25-34(4)28-56-47(67)72-37(7)30-69-44(64)52-19-16-48(9,10)23-32(2)26-54-42(62)59-41-57-35(5)22-39(60)58-41;1-11-29(45)52-26(5)21-50-32(47)37-15-13-36(9,10)18-24(3)20-40-34(49)53-27(6)22-51-33(48)38-14-12-35(7,8)17-23(2)19-39-31(46)43-30-41-25(4)16-28(44)42-30;;;/h15,22,32-34,36-38H,1,16-21,23-31H2,2-14H3,(H,51,63)(H,52,64)(H,53,65)(H,55,66)(H,56,67)(H3,54,57,58,59,60,62);11,16,23-24,26-27H,1,12-15,17-22H2,2-10H3,(H,37,47)(H,38,48)(H,40,49)(H3,39,41,42,43,44,46);3*1H4. The number of esters is 2. The minimum absolute atomic E-state index is 0. The lowest BCUT2D eigenvalue weighted by atomic mass is 9.80. The highest BCUT2D eigenvalue weighted by molar-refractivity contribution is 5.88. The fourth-order valence-electron chi connectivity index (χ4n) is 13.5. The van der Waals surface area contributed by atoms with Crippen molar-refractivity contribution in [3.8, 4) is 0 Å². The summed E-state index contributed by atoms with van der Waals surface area (Å²) in [6, 6.07) is 1.71. The number of alkyl carbamates (subject to hydrolysis) is 8. The summed E-state index contributed by atoms with van der Waals surface area (Å²) in [5, 5.41) is 32.5. The Bertz CT molecular complexity index is 3870. The average molecular weight is 1840 g/mol. The fraction of sp³-hybridized carbons (Fsp3) is 0.730. The molecule has 0 saturated heterocycles. The van der Waals surface area contributed by atoms with E-state index in [2.05, 4.69) is 166 Å². The van der Waals surface area contributed by atoms with Crippen molar-refractivity contribution < 1.29 is 105 Å². The minimum Gasteiger partial charge on any atom is -0.456 e. The van der Waals surface area contributed by atoms with Crippen molar-refractivity contribution in [1.82, 2.24) is 73.1 Å². The number of nitrogens with one attached hydrogen (secondary N) is 14. The predicted octanol–water partition coefficient (Wildman–Crippen LogP) is 13.7. The van der Waals surface area contributed by atoms with Crippen LogP contribution in [0.1, 0.15) is 236 Å². The third-order valence-electron chi connectivity index (χ3n) is 19.2. The molecular weight excluding hydrogens is 1680 g/mol. The van der Waals surface area contributed by atoms with E-state index in [4.69, 9.17) is 47.4 Å². The normalized spacial score (nSPS) is 13.5. The lowest BCUT2D eigenvalue weighted by Gasteiger charge is -2.28. The molecule has 2 heterocycles. The van der Waals surface area contributed by atoms with Gasteiger partial charge in [0.1, 0.15) is 63.6 Å². The molecule has 0 bridgehead atoms. The number of H-pyrrole nitrogens is 2. The van der Waals surface area contributed by atoms with Gasteiger partial charge in [-0.3, -0.25) is 30.2 Å². The molecule has 12 amide bonds. The van der Waals surface area contributed by atoms with E-state index >= 15 is 0 Å². The van der Waals surface area contributed by atoms with Crippen LogP contribution in [0.3, 0.4) is 0 Å². The summed E-state index contributed by atoms with van der Waals surface area (Å²) in [5.74, 6) is -0.518. The quantitative estimate of drug-likeness (QED) is 0.0166. The van der Waals surface area contributed by atoms with Crippen molar-refractivity contribution in [2.45, 2.75) is 269 Å². The number of aromatic nitrogens is 4. The fourth-order valence-corrected chi connectivity index (χ4v) is 13.5. The van der Waals surface area contributed by atoms with Gasteiger partial charge < -0.3 is 101 Å². The predicted molar refractivity (Wildman–Crippen MR) is 494 cm³/mol. The van der Waals surface area contributed by atoms with Gasteiger partial charge in [-0.05, 0) is 169 Å². The number of ether oxygens (including phenoxy) is 10. The van der Waals surface area contributed by atoms with Gasteiger partial charge in [-0.25, -0.2) is 67.5 Å². The van der Waals surface area contributed by atoms with Gasteiger partial charge in [-0.15, -0.1) is 0 Å². The van der Waals surface area contributed by atoms with Crippen molar-refractivity contribution in [2.24, 2.45) is 56.7 Å². The van der Waals surface area contributed by atoms with Crippen LogP contribution in [0.2, 0.25) is 0 Å². The number of aryl methyl sites for hydroxylation is 2. The molecule has 2 rings (SSSR count). The Morgan fingerprint density at radius 3 is 0.736 bits per heavy atom. The first kappa shape index (κ1) is 122. The third-order valence-corrected chi connectivity index (χ3v) is 19.2. The molecule has 0 spiro atoms. The molecule has 0 radical (unpaired) electrons. The molecule has 0 aliphatic carbocycles. The highest BCUT2D eigenvalue weighted by Crippen LogP contribution is 2.33. The lowest BCUT2D eigenvalue weighted by Crippen LogP contribution is -2.36. The number of hydrogen-bond acceptors (Lipinski definition) is 26. The number of rotatable bonds is 54. The van der Waals surface area contributed by atoms with Gasteiger partial charge in [-0.2, -0.15) is 0 Å². The number of nitrogens with zero attached hydrogens (tertiary/aromatic N) is 2. The second kappa shape index (κ2) is 63.0. The molecule has 40 nitrogen and oxygen atoms in total. The molecule has 10 unspecified atom stereocenters. The van der Waals surface area contributed by atoms with Crippen LogP contribution in [0.5, 0.6) is 0 Å². The SMILES string of the molecule is C.C.C.C=CC(=O)OC(C)COC(=O)NCCC(C)(C)CC(C)CNC(=O)OC(C)COC(=O)NCCC(C)(C)CC(C)CNC(=O)Nc1nc(C)cc(=O)[nH]1.C=CC(=O)OC(C)COC(=O)NCCC(C)(C)CC(C)CNC(=O)OC(C)COC(=O)NCCC(C)(C)CC(C)CNC(=O)OC(C)COC(=O)NCCC(C)(C)CC(C)CNC(=O)Nc1nc(C)cc(=O)[nH]1. The summed E-state index contributed by atoms with van der Waals surface area (Å²) in [5.41, 5.74) is -0.557. The Morgan fingerprint density at radius 2 is 0.535 bits per heavy atom. The van der Waals surface area contributed by atoms with Crippen molar-refractivity contribution in [2.75, 3.05) is 109 Å². The molecule has 0 saturated carbocycles. The van der Waals surface area contributed by atoms with E-state index < -0.39 is 103 Å². The van der Waals surface area contributed by atoms with E-state index in [1.165, 1.54) is 12.1 Å². The van der Waals surface area contributed by atoms with Crippen LogP contribution in [0.25, 0.3) is 0 Å². The zero-order valence-corrected chi connectivity index (χ0v) is 78.4. The number of aromatic amines is 2. The second-order valence-electron chi connectivity index (χ2n) is 36.6. The zero-order valence-electron chi connectivity index (χ0n) is 78.4. The van der Waals surface area contributed by atoms with Crippen LogP contribution in [-0.4, -0.2) is 222 Å². The van der Waals surface area contributed by atoms with Crippen LogP contribution >= 0.6 is 0 Å². The van der Waals surface area contributed by atoms with E-state index in [0.717, 1.165) is 44.3 Å². The van der Waals surface area contributed by atoms with Crippen molar-refractivity contribution >= 4 is 84.6 Å². The van der Waals surface area contributed by atoms with Crippen molar-refractivity contribution in [3.63, 3.8) is 0 Å². The van der Waals surface area contributed by atoms with Gasteiger partial charge in [0.15, 0.2) is 0 Å². The number of carbonyl (C=O) groups excluding carboxylic acids is 12. The van der Waals surface area contributed by atoms with Crippen molar-refractivity contribution in [1.29, 1.82) is 0 Å². The minimum atomic E-state index is -0.694. The number of hydrogen-bond donors (Lipinski definition) is 14. The molecule has 2 aromatic rings. The van der Waals surface area contributed by atoms with E-state index in [9.17, 15) is 67.1 Å². The second-order valence-corrected chi connectivity index (χ2v) is 36.6. The van der Waals surface area contributed by atoms with Gasteiger partial charge in [-0.1, -0.05) is 139 Å². The Hall–Kier alpha value is -11.1. The number of urea groups is 2. The maximum Gasteiger partial charge on any atom is 0.407 e. The summed E-state index contributed by atoms with van der Waals surface area (Å²) in [4.78, 5) is 181. The van der Waals surface area contributed by atoms with Crippen LogP contribution in [0.15, 0.2) is 47.0 Å². The Balaban J connectivity index is -0.00000252. The van der Waals surface area contributed by atoms with Gasteiger partial charge in [0, 0.05) is 101 Å². The smallest absolute Gasteiger partial charge is 0.407 e. The first-order valence-corrected chi connectivity index (χ1v) is 42.9. The highest BCUT2D eigenvalue weighted by atomic mass is 16.6. The number of anilines is 2. The maximum absolute atomic E-state index is 12.5. The van der Waals surface area contributed by atoms with Crippen LogP contribution < -0.4 is 74.9 Å². The monoisotopic (exact) mass is 1840 g/mol. The molecule has 40 heteroatoms. The first-order chi connectivity index (χ1) is 58.6. The molecule has 10 atom stereocenters. The average Bonchev–Trinajstić information content (AvgIpc) is 0.875. The topological polar surface area (TPSA) is 533 Å². The summed E-state index contributed by atoms with van der Waals surface area (Å²) >= 11 is 0. The summed E-state index contributed by atoms with van der Waals surface area (Å²) in [6.07, 6.45) is 0.861. The Labute approximate surface area is 764 Å². The van der Waals surface area contributed by atoms with Gasteiger partial charge in [0.05, 0.1) is 0 Å². The Kier molecular flexibility index (Phi) is 59.6. The van der Waals surface area contributed by atoms with E-state index in [0.29, 0.717) is 109 Å². The van der Waals surface area contributed by atoms with Gasteiger partial charge in [0.25, 0.3) is 11.1 Å². The highest BCUT2D eigenvalue weighted by Gasteiger charge is 2.29.